The quantitative estimate of drug-likeness (QED) is 0.513. The molecule has 3 nitrogen and oxygen atoms in total. The first-order valence-corrected chi connectivity index (χ1v) is 3.83. The van der Waals surface area contributed by atoms with Crippen LogP contribution in [0.1, 0.15) is 16.8 Å². The Morgan fingerprint density at radius 1 is 1.42 bits per heavy atom. The standard InChI is InChI=1S/C9H12N2O/c10-5-4-9(12)7-2-1-3-8(11)6-7/h1-3,6H,4-5,10-11H2. The van der Waals surface area contributed by atoms with Gasteiger partial charge in [-0.05, 0) is 18.7 Å². The summed E-state index contributed by atoms with van der Waals surface area (Å²) >= 11 is 0. The number of carbonyl (C=O) groups excluding carboxylic acids is 1. The van der Waals surface area contributed by atoms with E-state index in [4.69, 9.17) is 11.5 Å². The number of rotatable bonds is 3. The van der Waals surface area contributed by atoms with E-state index in [2.05, 4.69) is 0 Å². The Kier molecular flexibility index (Phi) is 2.82. The third-order valence-corrected chi connectivity index (χ3v) is 1.58. The molecule has 3 heteroatoms. The van der Waals surface area contributed by atoms with Crippen molar-refractivity contribution in [1.29, 1.82) is 0 Å². The number of benzene rings is 1. The molecule has 0 amide bonds. The normalized spacial score (nSPS) is 9.75. The highest BCUT2D eigenvalue weighted by Gasteiger charge is 2.03. The molecule has 12 heavy (non-hydrogen) atoms. The van der Waals surface area contributed by atoms with Gasteiger partial charge in [-0.25, -0.2) is 0 Å². The minimum absolute atomic E-state index is 0.0461. The first kappa shape index (κ1) is 8.74. The van der Waals surface area contributed by atoms with E-state index >= 15 is 0 Å². The number of nitrogens with two attached hydrogens (primary N) is 2. The van der Waals surface area contributed by atoms with E-state index < -0.39 is 0 Å². The van der Waals surface area contributed by atoms with Crippen molar-refractivity contribution in [2.75, 3.05) is 12.3 Å². The van der Waals surface area contributed by atoms with Crippen LogP contribution < -0.4 is 11.5 Å². The summed E-state index contributed by atoms with van der Waals surface area (Å²) in [7, 11) is 0. The maximum Gasteiger partial charge on any atom is 0.164 e. The molecule has 0 heterocycles. The molecule has 1 rings (SSSR count). The van der Waals surface area contributed by atoms with Gasteiger partial charge in [0, 0.05) is 17.7 Å². The van der Waals surface area contributed by atoms with E-state index in [9.17, 15) is 4.79 Å². The average molecular weight is 164 g/mol. The van der Waals surface area contributed by atoms with Gasteiger partial charge in [0.2, 0.25) is 0 Å². The van der Waals surface area contributed by atoms with E-state index in [0.717, 1.165) is 0 Å². The largest absolute Gasteiger partial charge is 0.399 e. The zero-order chi connectivity index (χ0) is 8.97. The summed E-state index contributed by atoms with van der Waals surface area (Å²) in [5.74, 6) is 0.0461. The van der Waals surface area contributed by atoms with Gasteiger partial charge >= 0.3 is 0 Å². The highest BCUT2D eigenvalue weighted by molar-refractivity contribution is 5.96. The predicted octanol–water partition coefficient (Wildman–Crippen LogP) is 0.800. The molecule has 1 aromatic rings. The van der Waals surface area contributed by atoms with Gasteiger partial charge in [-0.3, -0.25) is 4.79 Å². The molecule has 0 fully saturated rings. The van der Waals surface area contributed by atoms with Crippen molar-refractivity contribution in [3.8, 4) is 0 Å². The number of carbonyl (C=O) groups is 1. The van der Waals surface area contributed by atoms with Crippen LogP contribution >= 0.6 is 0 Å². The SMILES string of the molecule is NCCC(=O)c1cccc(N)c1. The van der Waals surface area contributed by atoms with Crippen LogP contribution in [0.5, 0.6) is 0 Å². The lowest BCUT2D eigenvalue weighted by Crippen LogP contribution is -2.08. The molecule has 0 saturated carbocycles. The number of hydrogen-bond acceptors (Lipinski definition) is 3. The van der Waals surface area contributed by atoms with Gasteiger partial charge in [0.15, 0.2) is 5.78 Å². The van der Waals surface area contributed by atoms with Gasteiger partial charge < -0.3 is 11.5 Å². The summed E-state index contributed by atoms with van der Waals surface area (Å²) in [5.41, 5.74) is 12.0. The molecule has 0 spiro atoms. The third kappa shape index (κ3) is 2.07. The summed E-state index contributed by atoms with van der Waals surface area (Å²) in [6.07, 6.45) is 0.378. The fourth-order valence-corrected chi connectivity index (χ4v) is 0.988. The Morgan fingerprint density at radius 3 is 2.75 bits per heavy atom. The molecule has 0 aliphatic heterocycles. The summed E-state index contributed by atoms with van der Waals surface area (Å²) < 4.78 is 0. The number of hydrogen-bond donors (Lipinski definition) is 2. The van der Waals surface area contributed by atoms with E-state index in [1.54, 1.807) is 24.3 Å². The lowest BCUT2D eigenvalue weighted by Gasteiger charge is -1.99. The summed E-state index contributed by atoms with van der Waals surface area (Å²) in [5, 5.41) is 0. The summed E-state index contributed by atoms with van der Waals surface area (Å²) in [6.45, 7) is 0.383. The van der Waals surface area contributed by atoms with Crippen molar-refractivity contribution in [2.24, 2.45) is 5.73 Å². The van der Waals surface area contributed by atoms with E-state index in [1.807, 2.05) is 0 Å². The van der Waals surface area contributed by atoms with Crippen LogP contribution in [0.15, 0.2) is 24.3 Å². The smallest absolute Gasteiger partial charge is 0.164 e. The lowest BCUT2D eigenvalue weighted by molar-refractivity contribution is 0.0985. The second-order valence-electron chi connectivity index (χ2n) is 2.59. The highest BCUT2D eigenvalue weighted by Crippen LogP contribution is 2.08. The van der Waals surface area contributed by atoms with Gasteiger partial charge in [0.25, 0.3) is 0 Å². The third-order valence-electron chi connectivity index (χ3n) is 1.58. The topological polar surface area (TPSA) is 69.1 Å². The average Bonchev–Trinajstić information content (AvgIpc) is 2.05. The van der Waals surface area contributed by atoms with Gasteiger partial charge in [-0.2, -0.15) is 0 Å². The molecular formula is C9H12N2O. The van der Waals surface area contributed by atoms with Crippen molar-refractivity contribution in [2.45, 2.75) is 6.42 Å². The molecule has 0 saturated heterocycles. The maximum absolute atomic E-state index is 11.3. The van der Waals surface area contributed by atoms with E-state index in [-0.39, 0.29) is 5.78 Å². The van der Waals surface area contributed by atoms with Gasteiger partial charge in [-0.15, -0.1) is 0 Å². The highest BCUT2D eigenvalue weighted by atomic mass is 16.1. The zero-order valence-electron chi connectivity index (χ0n) is 6.79. The van der Waals surface area contributed by atoms with Crippen LogP contribution in [0.2, 0.25) is 0 Å². The number of nitrogen functional groups attached to an aromatic ring is 1. The molecule has 1 aromatic carbocycles. The first-order valence-electron chi connectivity index (χ1n) is 3.83. The molecule has 0 unspecified atom stereocenters. The van der Waals surface area contributed by atoms with Crippen molar-refractivity contribution in [3.05, 3.63) is 29.8 Å². The Labute approximate surface area is 71.4 Å². The number of ketones is 1. The van der Waals surface area contributed by atoms with Crippen molar-refractivity contribution in [3.63, 3.8) is 0 Å². The zero-order valence-corrected chi connectivity index (χ0v) is 6.79. The van der Waals surface area contributed by atoms with Gasteiger partial charge in [-0.1, -0.05) is 12.1 Å². The summed E-state index contributed by atoms with van der Waals surface area (Å²) in [4.78, 5) is 11.3. The fraction of sp³-hybridized carbons (Fsp3) is 0.222. The molecule has 4 N–H and O–H groups in total. The van der Waals surface area contributed by atoms with Crippen molar-refractivity contribution >= 4 is 11.5 Å². The van der Waals surface area contributed by atoms with E-state index in [1.165, 1.54) is 0 Å². The first-order chi connectivity index (χ1) is 5.74. The Balaban J connectivity index is 2.81. The second-order valence-corrected chi connectivity index (χ2v) is 2.59. The summed E-state index contributed by atoms with van der Waals surface area (Å²) in [6, 6.07) is 6.92. The van der Waals surface area contributed by atoms with Gasteiger partial charge in [0.05, 0.1) is 0 Å². The molecule has 0 aromatic heterocycles. The molecule has 0 aliphatic carbocycles. The maximum atomic E-state index is 11.3. The molecule has 0 aliphatic rings. The van der Waals surface area contributed by atoms with Gasteiger partial charge in [0.1, 0.15) is 0 Å². The molecule has 0 radical (unpaired) electrons. The van der Waals surface area contributed by atoms with Crippen LogP contribution in [-0.4, -0.2) is 12.3 Å². The predicted molar refractivity (Wildman–Crippen MR) is 48.9 cm³/mol. The van der Waals surface area contributed by atoms with E-state index in [0.29, 0.717) is 24.2 Å². The number of anilines is 1. The Bertz CT molecular complexity index is 284. The van der Waals surface area contributed by atoms with Crippen LogP contribution in [-0.2, 0) is 0 Å². The fourth-order valence-electron chi connectivity index (χ4n) is 0.988. The second kappa shape index (κ2) is 3.88. The van der Waals surface area contributed by atoms with Crippen molar-refractivity contribution < 1.29 is 4.79 Å². The van der Waals surface area contributed by atoms with Crippen LogP contribution in [0.3, 0.4) is 0 Å². The van der Waals surface area contributed by atoms with Crippen molar-refractivity contribution in [1.82, 2.24) is 0 Å². The minimum atomic E-state index is 0.0461. The Hall–Kier alpha value is -1.35. The molecule has 64 valence electrons. The monoisotopic (exact) mass is 164 g/mol. The lowest BCUT2D eigenvalue weighted by atomic mass is 10.1. The molecular weight excluding hydrogens is 152 g/mol. The molecule has 0 bridgehead atoms. The van der Waals surface area contributed by atoms with Crippen LogP contribution in [0.25, 0.3) is 0 Å². The van der Waals surface area contributed by atoms with Crippen LogP contribution in [0.4, 0.5) is 5.69 Å². The Morgan fingerprint density at radius 2 is 2.17 bits per heavy atom. The van der Waals surface area contributed by atoms with Crippen LogP contribution in [0, 0.1) is 0 Å². The number of Topliss-reactive ketones (excluding diaryl/α,β-unsaturated/α-hetero) is 1. The molecule has 0 atom stereocenters. The minimum Gasteiger partial charge on any atom is -0.399 e.